The van der Waals surface area contributed by atoms with E-state index in [9.17, 15) is 32.3 Å². The van der Waals surface area contributed by atoms with Gasteiger partial charge in [-0.3, -0.25) is 19.2 Å². The number of carbonyl (C=O) groups is 3. The van der Waals surface area contributed by atoms with Crippen LogP contribution in [-0.2, 0) is 9.59 Å². The van der Waals surface area contributed by atoms with Gasteiger partial charge in [-0.25, -0.2) is 0 Å². The van der Waals surface area contributed by atoms with Crippen molar-refractivity contribution in [1.29, 1.82) is 0 Å². The highest BCUT2D eigenvalue weighted by atomic mass is 19.4. The van der Waals surface area contributed by atoms with Crippen LogP contribution in [0.1, 0.15) is 29.8 Å². The topological polar surface area (TPSA) is 103 Å². The maximum absolute atomic E-state index is 13.4. The van der Waals surface area contributed by atoms with Gasteiger partial charge < -0.3 is 20.1 Å². The minimum Gasteiger partial charge on any atom is -0.357 e. The highest BCUT2D eigenvalue weighted by Gasteiger charge is 2.51. The summed E-state index contributed by atoms with van der Waals surface area (Å²) >= 11 is 0. The van der Waals surface area contributed by atoms with Crippen molar-refractivity contribution in [2.75, 3.05) is 26.2 Å². The van der Waals surface area contributed by atoms with Crippen LogP contribution >= 0.6 is 0 Å². The molecule has 11 heteroatoms. The molecule has 0 aromatic carbocycles. The van der Waals surface area contributed by atoms with Crippen LogP contribution in [0.4, 0.5) is 13.2 Å². The molecule has 158 valence electrons. The Bertz CT molecular complexity index is 854. The second-order valence-corrected chi connectivity index (χ2v) is 7.20. The Labute approximate surface area is 164 Å². The molecule has 0 aliphatic carbocycles. The van der Waals surface area contributed by atoms with E-state index in [2.05, 4.69) is 10.3 Å². The van der Waals surface area contributed by atoms with Gasteiger partial charge in [0, 0.05) is 57.4 Å². The van der Waals surface area contributed by atoms with Crippen molar-refractivity contribution in [1.82, 2.24) is 20.1 Å². The number of rotatable bonds is 5. The van der Waals surface area contributed by atoms with Gasteiger partial charge >= 0.3 is 6.18 Å². The summed E-state index contributed by atoms with van der Waals surface area (Å²) in [4.78, 5) is 52.6. The molecular weight excluding hydrogens is 393 g/mol. The van der Waals surface area contributed by atoms with E-state index in [1.807, 2.05) is 0 Å². The van der Waals surface area contributed by atoms with Crippen LogP contribution in [0.25, 0.3) is 0 Å². The standard InChI is InChI=1S/C18H21F3N4O4/c19-18(20,21)12-9-25(17(29)13-8-11(26)3-5-22-13)10-14(12)23-15(27)4-7-24-6-1-2-16(24)28/h3,5,8,12,14H,1-2,4,6-7,9-10H2,(H,22,26)(H,23,27)/t12-,14-/m1/s1. The molecule has 0 unspecified atom stereocenters. The lowest BCUT2D eigenvalue weighted by Gasteiger charge is -2.22. The Kier molecular flexibility index (Phi) is 5.94. The van der Waals surface area contributed by atoms with Crippen molar-refractivity contribution in [3.63, 3.8) is 0 Å². The first kappa shape index (κ1) is 20.9. The molecule has 3 heterocycles. The number of hydrogen-bond acceptors (Lipinski definition) is 4. The third-order valence-corrected chi connectivity index (χ3v) is 5.16. The van der Waals surface area contributed by atoms with Gasteiger partial charge in [0.15, 0.2) is 5.43 Å². The van der Waals surface area contributed by atoms with E-state index in [1.54, 1.807) is 0 Å². The number of nitrogens with one attached hydrogen (secondary N) is 2. The van der Waals surface area contributed by atoms with Crippen LogP contribution in [0.2, 0.25) is 0 Å². The quantitative estimate of drug-likeness (QED) is 0.733. The number of H-pyrrole nitrogens is 1. The predicted molar refractivity (Wildman–Crippen MR) is 94.9 cm³/mol. The number of nitrogens with zero attached hydrogens (tertiary/aromatic N) is 2. The Hall–Kier alpha value is -2.85. The molecule has 8 nitrogen and oxygen atoms in total. The molecule has 2 fully saturated rings. The first-order valence-electron chi connectivity index (χ1n) is 9.27. The Morgan fingerprint density at radius 2 is 2.00 bits per heavy atom. The molecule has 2 aliphatic rings. The Morgan fingerprint density at radius 1 is 1.24 bits per heavy atom. The zero-order chi connectivity index (χ0) is 21.2. The fourth-order valence-corrected chi connectivity index (χ4v) is 3.64. The lowest BCUT2D eigenvalue weighted by molar-refractivity contribution is -0.175. The normalized spacial score (nSPS) is 22.2. The fraction of sp³-hybridized carbons (Fsp3) is 0.556. The van der Waals surface area contributed by atoms with E-state index >= 15 is 0 Å². The van der Waals surface area contributed by atoms with Gasteiger partial charge in [0.25, 0.3) is 5.91 Å². The molecule has 2 aliphatic heterocycles. The van der Waals surface area contributed by atoms with Crippen molar-refractivity contribution in [3.8, 4) is 0 Å². The van der Waals surface area contributed by atoms with Crippen LogP contribution in [0.15, 0.2) is 23.1 Å². The molecule has 0 saturated carbocycles. The number of carbonyl (C=O) groups excluding carboxylic acids is 3. The smallest absolute Gasteiger partial charge is 0.357 e. The lowest BCUT2D eigenvalue weighted by Crippen LogP contribution is -2.46. The summed E-state index contributed by atoms with van der Waals surface area (Å²) in [5.41, 5.74) is -0.557. The number of likely N-dealkylation sites (tertiary alicyclic amines) is 2. The van der Waals surface area contributed by atoms with E-state index in [-0.39, 0.29) is 31.1 Å². The molecule has 1 aromatic heterocycles. The van der Waals surface area contributed by atoms with Crippen LogP contribution < -0.4 is 10.7 Å². The maximum atomic E-state index is 13.4. The zero-order valence-electron chi connectivity index (χ0n) is 15.5. The van der Waals surface area contributed by atoms with Gasteiger partial charge in [-0.15, -0.1) is 0 Å². The predicted octanol–water partition coefficient (Wildman–Crippen LogP) is 0.506. The molecule has 1 aromatic rings. The Balaban J connectivity index is 1.64. The number of hydrogen-bond donors (Lipinski definition) is 2. The summed E-state index contributed by atoms with van der Waals surface area (Å²) < 4.78 is 40.3. The average molecular weight is 414 g/mol. The summed E-state index contributed by atoms with van der Waals surface area (Å²) in [5.74, 6) is -3.33. The molecule has 0 spiro atoms. The minimum atomic E-state index is -4.61. The van der Waals surface area contributed by atoms with Crippen LogP contribution in [0, 0.1) is 5.92 Å². The monoisotopic (exact) mass is 414 g/mol. The van der Waals surface area contributed by atoms with E-state index in [4.69, 9.17) is 0 Å². The van der Waals surface area contributed by atoms with Crippen LogP contribution in [0.3, 0.4) is 0 Å². The summed E-state index contributed by atoms with van der Waals surface area (Å²) in [5, 5.41) is 2.36. The molecule has 3 amide bonds. The largest absolute Gasteiger partial charge is 0.395 e. The minimum absolute atomic E-state index is 0.0690. The van der Waals surface area contributed by atoms with E-state index in [0.717, 1.165) is 11.0 Å². The molecule has 0 radical (unpaired) electrons. The fourth-order valence-electron chi connectivity index (χ4n) is 3.64. The van der Waals surface area contributed by atoms with Crippen LogP contribution in [0.5, 0.6) is 0 Å². The second kappa shape index (κ2) is 8.26. The van der Waals surface area contributed by atoms with E-state index in [1.165, 1.54) is 17.2 Å². The number of halogens is 3. The van der Waals surface area contributed by atoms with Gasteiger partial charge in [0.2, 0.25) is 11.8 Å². The molecule has 2 atom stereocenters. The number of amides is 3. The summed E-state index contributed by atoms with van der Waals surface area (Å²) in [6.07, 6.45) is -2.35. The highest BCUT2D eigenvalue weighted by molar-refractivity contribution is 5.92. The number of aromatic amines is 1. The SMILES string of the molecule is O=C(CCN1CCCC1=O)N[C@@H]1CN(C(=O)c2cc(=O)cc[nH]2)C[C@H]1C(F)(F)F. The van der Waals surface area contributed by atoms with E-state index in [0.29, 0.717) is 19.4 Å². The third-order valence-electron chi connectivity index (χ3n) is 5.16. The van der Waals surface area contributed by atoms with Gasteiger partial charge in [-0.2, -0.15) is 13.2 Å². The van der Waals surface area contributed by atoms with E-state index < -0.39 is 41.9 Å². The molecular formula is C18H21F3N4O4. The van der Waals surface area contributed by atoms with Crippen molar-refractivity contribution in [2.45, 2.75) is 31.5 Å². The van der Waals surface area contributed by atoms with Gasteiger partial charge in [-0.05, 0) is 6.42 Å². The number of pyridine rings is 1. The van der Waals surface area contributed by atoms with Gasteiger partial charge in [0.1, 0.15) is 5.69 Å². The third kappa shape index (κ3) is 4.96. The summed E-state index contributed by atoms with van der Waals surface area (Å²) in [7, 11) is 0. The van der Waals surface area contributed by atoms with Crippen molar-refractivity contribution in [3.05, 3.63) is 34.2 Å². The Morgan fingerprint density at radius 3 is 2.62 bits per heavy atom. The molecule has 2 N–H and O–H groups in total. The molecule has 2 saturated heterocycles. The molecule has 0 bridgehead atoms. The van der Waals surface area contributed by atoms with Gasteiger partial charge in [0.05, 0.1) is 12.0 Å². The highest BCUT2D eigenvalue weighted by Crippen LogP contribution is 2.34. The van der Waals surface area contributed by atoms with Crippen molar-refractivity contribution in [2.24, 2.45) is 5.92 Å². The summed E-state index contributed by atoms with van der Waals surface area (Å²) in [6, 6.07) is 0.910. The summed E-state index contributed by atoms with van der Waals surface area (Å²) in [6.45, 7) is -0.247. The van der Waals surface area contributed by atoms with Crippen molar-refractivity contribution >= 4 is 17.7 Å². The average Bonchev–Trinajstić information content (AvgIpc) is 3.25. The van der Waals surface area contributed by atoms with Crippen LogP contribution in [-0.4, -0.2) is 70.9 Å². The lowest BCUT2D eigenvalue weighted by atomic mass is 10.0. The number of aromatic nitrogens is 1. The van der Waals surface area contributed by atoms with Gasteiger partial charge in [-0.1, -0.05) is 0 Å². The first-order valence-corrected chi connectivity index (χ1v) is 9.27. The molecule has 3 rings (SSSR count). The number of alkyl halides is 3. The second-order valence-electron chi connectivity index (χ2n) is 7.20. The molecule has 29 heavy (non-hydrogen) atoms. The van der Waals surface area contributed by atoms with Crippen molar-refractivity contribution < 1.29 is 27.6 Å². The maximum Gasteiger partial charge on any atom is 0.395 e. The zero-order valence-corrected chi connectivity index (χ0v) is 15.5. The first-order chi connectivity index (χ1) is 13.6.